The van der Waals surface area contributed by atoms with E-state index in [0.29, 0.717) is 0 Å². The summed E-state index contributed by atoms with van der Waals surface area (Å²) in [5.74, 6) is 5.66. The summed E-state index contributed by atoms with van der Waals surface area (Å²) in [6, 6.07) is 0. The van der Waals surface area contributed by atoms with E-state index >= 15 is 0 Å². The Kier molecular flexibility index (Phi) is 6.15. The van der Waals surface area contributed by atoms with Crippen LogP contribution in [0.1, 0.15) is 65.2 Å². The Morgan fingerprint density at radius 3 is 1.55 bits per heavy atom. The molecule has 1 heteroatoms. The third-order valence-corrected chi connectivity index (χ3v) is 20.6. The molecule has 0 amide bonds. The monoisotopic (exact) mass is 426 g/mol. The van der Waals surface area contributed by atoms with Gasteiger partial charge in [-0.2, -0.15) is 0 Å². The molecule has 5 rings (SSSR count). The zero-order valence-electron chi connectivity index (χ0n) is 18.8. The Bertz CT molecular complexity index is 637. The SMILES string of the molecule is CCC[CH2][Ti]1([CH2]CCC)[CH]2C(CCC3CC4C=CC=CC4[CH]31)CC1C=CC=CC12. The van der Waals surface area contributed by atoms with Gasteiger partial charge in [-0.25, -0.2) is 0 Å². The standard InChI is InChI=1S/C20H24.2C4H9.Ti/c1-2-6-18-12-15(11-17(18)5-1)9-10-16-13-19-7-3-4-8-20(19)14-16;2*1-3-4-2;/h1-8,11,13,15-20H,9-10,12,14H2;2*1,3-4H2,2H3;. The molecule has 5 aliphatic rings. The van der Waals surface area contributed by atoms with Crippen molar-refractivity contribution < 1.29 is 16.6 Å². The van der Waals surface area contributed by atoms with Crippen molar-refractivity contribution >= 4 is 0 Å². The van der Waals surface area contributed by atoms with E-state index in [0.717, 1.165) is 44.0 Å². The minimum absolute atomic E-state index is 0.874. The van der Waals surface area contributed by atoms with E-state index in [1.165, 1.54) is 38.5 Å². The summed E-state index contributed by atoms with van der Waals surface area (Å²) in [6.07, 6.45) is 32.1. The van der Waals surface area contributed by atoms with Crippen LogP contribution in [0.4, 0.5) is 0 Å². The van der Waals surface area contributed by atoms with E-state index < -0.39 is 16.6 Å². The van der Waals surface area contributed by atoms with Crippen molar-refractivity contribution in [2.24, 2.45) is 35.5 Å². The molecular weight excluding hydrogens is 384 g/mol. The molecule has 1 heterocycles. The van der Waals surface area contributed by atoms with E-state index in [9.17, 15) is 0 Å². The van der Waals surface area contributed by atoms with Gasteiger partial charge in [0.2, 0.25) is 0 Å². The molecule has 4 aliphatic carbocycles. The van der Waals surface area contributed by atoms with Gasteiger partial charge in [-0.05, 0) is 0 Å². The Labute approximate surface area is 183 Å². The zero-order valence-corrected chi connectivity index (χ0v) is 20.4. The second-order valence-corrected chi connectivity index (χ2v) is 18.6. The average molecular weight is 427 g/mol. The van der Waals surface area contributed by atoms with Crippen molar-refractivity contribution in [1.82, 2.24) is 0 Å². The average Bonchev–Trinajstić information content (AvgIpc) is 3.28. The first-order valence-corrected chi connectivity index (χ1v) is 17.0. The Morgan fingerprint density at radius 2 is 1.10 bits per heavy atom. The topological polar surface area (TPSA) is 0 Å². The van der Waals surface area contributed by atoms with E-state index in [4.69, 9.17) is 0 Å². The Morgan fingerprint density at radius 1 is 0.655 bits per heavy atom. The van der Waals surface area contributed by atoms with Gasteiger partial charge in [0.05, 0.1) is 0 Å². The molecule has 1 saturated heterocycles. The van der Waals surface area contributed by atoms with Crippen LogP contribution in [0.5, 0.6) is 0 Å². The van der Waals surface area contributed by atoms with Gasteiger partial charge < -0.3 is 0 Å². The van der Waals surface area contributed by atoms with Gasteiger partial charge in [0.25, 0.3) is 0 Å². The molecule has 29 heavy (non-hydrogen) atoms. The molecule has 0 aromatic heterocycles. The predicted molar refractivity (Wildman–Crippen MR) is 123 cm³/mol. The molecule has 3 fully saturated rings. The van der Waals surface area contributed by atoms with Gasteiger partial charge >= 0.3 is 184 Å². The number of hydrogen-bond donors (Lipinski definition) is 0. The van der Waals surface area contributed by atoms with E-state index in [1.807, 2.05) is 0 Å². The van der Waals surface area contributed by atoms with Crippen LogP contribution in [0.2, 0.25) is 17.9 Å². The van der Waals surface area contributed by atoms with Gasteiger partial charge in [0.1, 0.15) is 0 Å². The summed E-state index contributed by atoms with van der Waals surface area (Å²) < 4.78 is 5.60. The molecule has 2 saturated carbocycles. The normalized spacial score (nSPS) is 43.5. The molecule has 0 radical (unpaired) electrons. The first-order valence-electron chi connectivity index (χ1n) is 13.0. The van der Waals surface area contributed by atoms with E-state index in [2.05, 4.69) is 62.5 Å². The van der Waals surface area contributed by atoms with E-state index in [1.54, 1.807) is 22.3 Å². The van der Waals surface area contributed by atoms with Crippen LogP contribution in [-0.4, -0.2) is 0 Å². The van der Waals surface area contributed by atoms with Crippen LogP contribution in [0.3, 0.4) is 0 Å². The summed E-state index contributed by atoms with van der Waals surface area (Å²) in [6.45, 7) is 4.89. The van der Waals surface area contributed by atoms with Crippen LogP contribution in [0, 0.1) is 35.5 Å². The first kappa shape index (κ1) is 20.6. The van der Waals surface area contributed by atoms with Crippen molar-refractivity contribution in [3.05, 3.63) is 48.6 Å². The van der Waals surface area contributed by atoms with E-state index in [-0.39, 0.29) is 0 Å². The summed E-state index contributed by atoms with van der Waals surface area (Å²) in [5.41, 5.74) is 0. The Balaban J connectivity index is 1.60. The quantitative estimate of drug-likeness (QED) is 0.373. The summed E-state index contributed by atoms with van der Waals surface area (Å²) >= 11 is -2.12. The fourth-order valence-corrected chi connectivity index (χ4v) is 22.7. The van der Waals surface area contributed by atoms with Gasteiger partial charge in [-0.3, -0.25) is 0 Å². The number of hydrogen-bond acceptors (Lipinski definition) is 0. The maximum absolute atomic E-state index is 2.69. The van der Waals surface area contributed by atoms with Crippen LogP contribution >= 0.6 is 0 Å². The molecule has 8 atom stereocenters. The molecule has 0 bridgehead atoms. The fraction of sp³-hybridized carbons (Fsp3) is 0.714. The fourth-order valence-electron chi connectivity index (χ4n) is 8.96. The first-order chi connectivity index (χ1) is 14.3. The van der Waals surface area contributed by atoms with Crippen LogP contribution < -0.4 is 0 Å². The van der Waals surface area contributed by atoms with Crippen molar-refractivity contribution in [3.8, 4) is 0 Å². The van der Waals surface area contributed by atoms with Gasteiger partial charge in [-0.15, -0.1) is 0 Å². The van der Waals surface area contributed by atoms with Crippen LogP contribution in [0.15, 0.2) is 48.6 Å². The molecule has 0 N–H and O–H groups in total. The molecule has 0 aromatic carbocycles. The molecule has 0 aromatic rings. The second-order valence-electron chi connectivity index (χ2n) is 11.1. The molecule has 8 unspecified atom stereocenters. The zero-order chi connectivity index (χ0) is 19.8. The third kappa shape index (κ3) is 3.45. The van der Waals surface area contributed by atoms with Crippen molar-refractivity contribution in [3.63, 3.8) is 0 Å². The van der Waals surface area contributed by atoms with Gasteiger partial charge in [-0.1, -0.05) is 0 Å². The summed E-state index contributed by atoms with van der Waals surface area (Å²) in [7, 11) is 0. The molecule has 0 spiro atoms. The molecule has 1 aliphatic heterocycles. The predicted octanol–water partition coefficient (Wildman–Crippen LogP) is 8.70. The second kappa shape index (κ2) is 8.66. The van der Waals surface area contributed by atoms with Gasteiger partial charge in [0.15, 0.2) is 0 Å². The Hall–Kier alpha value is -0.326. The maximum atomic E-state index is 2.69. The van der Waals surface area contributed by atoms with Gasteiger partial charge in [0, 0.05) is 0 Å². The number of rotatable bonds is 6. The van der Waals surface area contributed by atoms with Crippen molar-refractivity contribution in [2.75, 3.05) is 0 Å². The van der Waals surface area contributed by atoms with Crippen molar-refractivity contribution in [1.29, 1.82) is 0 Å². The minimum atomic E-state index is -2.12. The summed E-state index contributed by atoms with van der Waals surface area (Å²) in [4.78, 5) is 0. The number of unbranched alkanes of at least 4 members (excludes halogenated alkanes) is 2. The number of allylic oxidation sites excluding steroid dienone is 8. The molecule has 158 valence electrons. The molecular formula is C28H42Ti. The molecule has 0 nitrogen and oxygen atoms in total. The summed E-state index contributed by atoms with van der Waals surface area (Å²) in [5, 5.41) is 0. The van der Waals surface area contributed by atoms with Crippen LogP contribution in [0.25, 0.3) is 0 Å². The third-order valence-electron chi connectivity index (χ3n) is 9.82. The van der Waals surface area contributed by atoms with Crippen molar-refractivity contribution in [2.45, 2.75) is 83.1 Å². The van der Waals surface area contributed by atoms with Crippen LogP contribution in [-0.2, 0) is 16.6 Å². The number of fused-ring (bicyclic) bond motifs is 6.